The maximum Gasteiger partial charge on any atom is 0.345 e. The first-order valence-corrected chi connectivity index (χ1v) is 9.52. The van der Waals surface area contributed by atoms with Crippen LogP contribution in [0.15, 0.2) is 15.7 Å². The highest BCUT2D eigenvalue weighted by Crippen LogP contribution is 2.32. The van der Waals surface area contributed by atoms with Gasteiger partial charge in [0.15, 0.2) is 5.82 Å². The number of nitrogens with zero attached hydrogens (tertiary/aromatic N) is 5. The molecule has 4 heterocycles. The van der Waals surface area contributed by atoms with Crippen molar-refractivity contribution in [2.24, 2.45) is 14.1 Å². The number of rotatable bonds is 2. The number of aromatic nitrogens is 4. The van der Waals surface area contributed by atoms with E-state index in [1.165, 1.54) is 4.68 Å². The summed E-state index contributed by atoms with van der Waals surface area (Å²) in [6.45, 7) is 5.35. The zero-order chi connectivity index (χ0) is 20.2. The highest BCUT2D eigenvalue weighted by molar-refractivity contribution is 5.94. The van der Waals surface area contributed by atoms with E-state index in [-0.39, 0.29) is 29.3 Å². The average Bonchev–Trinajstić information content (AvgIpc) is 3.20. The smallest absolute Gasteiger partial charge is 0.345 e. The predicted molar refractivity (Wildman–Crippen MR) is 101 cm³/mol. The molecule has 1 saturated heterocycles. The van der Waals surface area contributed by atoms with Crippen LogP contribution in [0.4, 0.5) is 0 Å². The third kappa shape index (κ3) is 2.72. The van der Waals surface area contributed by atoms with Crippen LogP contribution in [0.1, 0.15) is 40.8 Å². The molecule has 28 heavy (non-hydrogen) atoms. The summed E-state index contributed by atoms with van der Waals surface area (Å²) >= 11 is 0. The van der Waals surface area contributed by atoms with Crippen molar-refractivity contribution in [2.45, 2.75) is 45.4 Å². The molecule has 1 atom stereocenters. The summed E-state index contributed by atoms with van der Waals surface area (Å²) in [5.41, 5.74) is 0.982. The average molecular weight is 387 g/mol. The van der Waals surface area contributed by atoms with Gasteiger partial charge in [0.25, 0.3) is 11.5 Å². The van der Waals surface area contributed by atoms with Gasteiger partial charge in [-0.1, -0.05) is 6.92 Å². The molecule has 2 aliphatic heterocycles. The largest absolute Gasteiger partial charge is 0.363 e. The Labute approximate surface area is 162 Å². The maximum absolute atomic E-state index is 13.1. The van der Waals surface area contributed by atoms with Gasteiger partial charge in [0.05, 0.1) is 13.1 Å². The van der Waals surface area contributed by atoms with E-state index in [1.54, 1.807) is 34.2 Å². The Morgan fingerprint density at radius 2 is 2.04 bits per heavy atom. The van der Waals surface area contributed by atoms with Crippen LogP contribution in [-0.4, -0.2) is 48.4 Å². The number of aryl methyl sites for hydroxylation is 2. The molecule has 150 valence electrons. The van der Waals surface area contributed by atoms with Gasteiger partial charge < -0.3 is 14.2 Å². The molecule has 1 amide bonds. The van der Waals surface area contributed by atoms with Crippen molar-refractivity contribution < 1.29 is 9.53 Å². The summed E-state index contributed by atoms with van der Waals surface area (Å²) in [5.74, 6) is 0.318. The van der Waals surface area contributed by atoms with Gasteiger partial charge in [-0.05, 0) is 31.4 Å². The lowest BCUT2D eigenvalue weighted by atomic mass is 10.0. The first-order chi connectivity index (χ1) is 13.3. The number of pyridine rings is 1. The van der Waals surface area contributed by atoms with E-state index in [9.17, 15) is 14.4 Å². The summed E-state index contributed by atoms with van der Waals surface area (Å²) in [6, 6.07) is 1.69. The van der Waals surface area contributed by atoms with Crippen molar-refractivity contribution in [2.75, 3.05) is 13.1 Å². The lowest BCUT2D eigenvalue weighted by Gasteiger charge is -2.33. The maximum atomic E-state index is 13.1. The molecule has 9 heteroatoms. The number of amides is 1. The van der Waals surface area contributed by atoms with Gasteiger partial charge in [-0.2, -0.15) is 5.10 Å². The Bertz CT molecular complexity index is 1080. The molecule has 0 saturated carbocycles. The number of hydrogen-bond acceptors (Lipinski definition) is 5. The minimum Gasteiger partial charge on any atom is -0.363 e. The molecule has 0 aromatic carbocycles. The van der Waals surface area contributed by atoms with Gasteiger partial charge in [-0.25, -0.2) is 9.48 Å². The summed E-state index contributed by atoms with van der Waals surface area (Å²) in [5, 5.41) is 4.17. The molecule has 0 aliphatic carbocycles. The number of ether oxygens (including phenoxy) is 1. The molecule has 2 aromatic rings. The van der Waals surface area contributed by atoms with Crippen molar-refractivity contribution in [3.63, 3.8) is 0 Å². The number of hydrogen-bond donors (Lipinski definition) is 0. The molecule has 9 nitrogen and oxygen atoms in total. The van der Waals surface area contributed by atoms with Crippen molar-refractivity contribution in [3.8, 4) is 0 Å². The Kier molecular flexibility index (Phi) is 4.29. The van der Waals surface area contributed by atoms with E-state index in [0.717, 1.165) is 17.7 Å². The monoisotopic (exact) mass is 387 g/mol. The van der Waals surface area contributed by atoms with Crippen LogP contribution in [0.25, 0.3) is 0 Å². The van der Waals surface area contributed by atoms with Crippen molar-refractivity contribution in [1.82, 2.24) is 23.8 Å². The third-order valence-electron chi connectivity index (χ3n) is 5.96. The molecule has 0 bridgehead atoms. The quantitative estimate of drug-likeness (QED) is 0.722. The van der Waals surface area contributed by atoms with Gasteiger partial charge in [-0.3, -0.25) is 14.2 Å². The van der Waals surface area contributed by atoms with Crippen LogP contribution >= 0.6 is 0 Å². The van der Waals surface area contributed by atoms with Crippen molar-refractivity contribution >= 4 is 5.91 Å². The number of fused-ring (bicyclic) bond motifs is 1. The third-order valence-corrected chi connectivity index (χ3v) is 5.96. The fourth-order valence-corrected chi connectivity index (χ4v) is 4.41. The SMILES string of the molecule is CCc1c(C)cc(C(=O)N2CCC3(C2)Cn2c(nn(C)c2=O)CO3)c(=O)n1C. The second kappa shape index (κ2) is 6.44. The first kappa shape index (κ1) is 18.7. The number of carbonyl (C=O) groups excluding carboxylic acids is 1. The summed E-state index contributed by atoms with van der Waals surface area (Å²) in [7, 11) is 3.32. The van der Waals surface area contributed by atoms with Gasteiger partial charge in [0.1, 0.15) is 17.8 Å². The second-order valence-corrected chi connectivity index (χ2v) is 7.76. The highest BCUT2D eigenvalue weighted by atomic mass is 16.5. The van der Waals surface area contributed by atoms with Gasteiger partial charge in [-0.15, -0.1) is 0 Å². The van der Waals surface area contributed by atoms with Gasteiger partial charge in [0, 0.05) is 26.3 Å². The van der Waals surface area contributed by atoms with Crippen LogP contribution in [0.3, 0.4) is 0 Å². The molecular weight excluding hydrogens is 362 g/mol. The van der Waals surface area contributed by atoms with Crippen molar-refractivity contribution in [3.05, 3.63) is 49.5 Å². The minimum atomic E-state index is -0.612. The second-order valence-electron chi connectivity index (χ2n) is 7.76. The fourth-order valence-electron chi connectivity index (χ4n) is 4.41. The van der Waals surface area contributed by atoms with E-state index in [1.807, 2.05) is 13.8 Å². The Morgan fingerprint density at radius 3 is 2.75 bits per heavy atom. The molecule has 1 unspecified atom stereocenters. The lowest BCUT2D eigenvalue weighted by Crippen LogP contribution is -2.47. The van der Waals surface area contributed by atoms with Crippen LogP contribution in [-0.2, 0) is 38.4 Å². The minimum absolute atomic E-state index is 0.179. The summed E-state index contributed by atoms with van der Waals surface area (Å²) in [4.78, 5) is 39.7. The topological polar surface area (TPSA) is 91.4 Å². The molecule has 1 spiro atoms. The normalized spacial score (nSPS) is 21.4. The molecule has 4 rings (SSSR count). The van der Waals surface area contributed by atoms with Crippen LogP contribution in [0.5, 0.6) is 0 Å². The van der Waals surface area contributed by atoms with Crippen molar-refractivity contribution in [1.29, 1.82) is 0 Å². The summed E-state index contributed by atoms with van der Waals surface area (Å²) in [6.07, 6.45) is 1.35. The Morgan fingerprint density at radius 1 is 1.29 bits per heavy atom. The molecule has 2 aromatic heterocycles. The Hall–Kier alpha value is -2.68. The Balaban J connectivity index is 1.60. The lowest BCUT2D eigenvalue weighted by molar-refractivity contribution is -0.0816. The molecule has 2 aliphatic rings. The van der Waals surface area contributed by atoms with Gasteiger partial charge in [0.2, 0.25) is 0 Å². The molecule has 0 N–H and O–H groups in total. The molecule has 0 radical (unpaired) electrons. The van der Waals surface area contributed by atoms with E-state index in [0.29, 0.717) is 31.9 Å². The van der Waals surface area contributed by atoms with Crippen LogP contribution in [0.2, 0.25) is 0 Å². The zero-order valence-corrected chi connectivity index (χ0v) is 16.7. The standard InChI is InChI=1S/C19H25N5O4/c1-5-14-12(2)8-13(16(25)21(14)3)17(26)23-7-6-19(10-23)11-24-15(9-28-19)20-22(4)18(24)27/h8H,5-7,9-11H2,1-4H3. The van der Waals surface area contributed by atoms with E-state index in [4.69, 9.17) is 4.74 Å². The molecular formula is C19H25N5O4. The number of likely N-dealkylation sites (tertiary alicyclic amines) is 1. The van der Waals surface area contributed by atoms with Crippen LogP contribution < -0.4 is 11.2 Å². The highest BCUT2D eigenvalue weighted by Gasteiger charge is 2.45. The van der Waals surface area contributed by atoms with E-state index in [2.05, 4.69) is 5.10 Å². The zero-order valence-electron chi connectivity index (χ0n) is 16.7. The summed E-state index contributed by atoms with van der Waals surface area (Å²) < 4.78 is 10.5. The van der Waals surface area contributed by atoms with E-state index >= 15 is 0 Å². The predicted octanol–water partition coefficient (Wildman–Crippen LogP) is -0.0336. The van der Waals surface area contributed by atoms with Crippen LogP contribution in [0, 0.1) is 6.92 Å². The van der Waals surface area contributed by atoms with E-state index < -0.39 is 5.60 Å². The number of carbonyl (C=O) groups is 1. The first-order valence-electron chi connectivity index (χ1n) is 9.52. The fraction of sp³-hybridized carbons (Fsp3) is 0.579. The molecule has 1 fully saturated rings. The van der Waals surface area contributed by atoms with Gasteiger partial charge >= 0.3 is 5.69 Å².